The van der Waals surface area contributed by atoms with E-state index in [2.05, 4.69) is 68.6 Å². The van der Waals surface area contributed by atoms with Crippen molar-refractivity contribution in [2.24, 2.45) is 22.7 Å². The van der Waals surface area contributed by atoms with Gasteiger partial charge < -0.3 is 15.6 Å². The zero-order valence-corrected chi connectivity index (χ0v) is 18.0. The van der Waals surface area contributed by atoms with Gasteiger partial charge in [0.15, 0.2) is 11.6 Å². The number of methoxy groups -OCH3 is 1. The molecule has 0 fully saturated rings. The van der Waals surface area contributed by atoms with Gasteiger partial charge in [-0.2, -0.15) is 9.97 Å². The second-order valence-corrected chi connectivity index (χ2v) is 9.94. The molecule has 6 heteroatoms. The maximum atomic E-state index is 8.45. The lowest BCUT2D eigenvalue weighted by Crippen LogP contribution is -2.17. The van der Waals surface area contributed by atoms with Gasteiger partial charge in [0.05, 0.1) is 7.11 Å². The minimum absolute atomic E-state index is 0.0734. The fourth-order valence-corrected chi connectivity index (χ4v) is 3.60. The van der Waals surface area contributed by atoms with Gasteiger partial charge >= 0.3 is 6.01 Å². The van der Waals surface area contributed by atoms with Gasteiger partial charge in [-0.05, 0) is 35.5 Å². The summed E-state index contributed by atoms with van der Waals surface area (Å²) >= 11 is 0. The highest BCUT2D eigenvalue weighted by Crippen LogP contribution is 2.40. The van der Waals surface area contributed by atoms with E-state index < -0.39 is 0 Å². The number of ether oxygens (including phenoxy) is 1. The van der Waals surface area contributed by atoms with Crippen molar-refractivity contribution in [3.05, 3.63) is 23.8 Å². The van der Waals surface area contributed by atoms with Crippen LogP contribution in [0.5, 0.6) is 6.01 Å². The number of allylic oxidation sites excluding steroid dienone is 4. The molecule has 0 saturated carbocycles. The zero-order valence-electron chi connectivity index (χ0n) is 18.0. The van der Waals surface area contributed by atoms with E-state index in [0.29, 0.717) is 35.9 Å². The minimum Gasteiger partial charge on any atom is -0.467 e. The Bertz CT molecular complexity index is 815. The van der Waals surface area contributed by atoms with Gasteiger partial charge in [0.2, 0.25) is 0 Å². The fourth-order valence-electron chi connectivity index (χ4n) is 3.60. The third kappa shape index (κ3) is 3.91. The Labute approximate surface area is 167 Å². The lowest BCUT2D eigenvalue weighted by atomic mass is 9.80. The Kier molecular flexibility index (Phi) is 5.02. The van der Waals surface area contributed by atoms with Crippen LogP contribution in [0.2, 0.25) is 0 Å². The molecule has 0 aliphatic heterocycles. The molecule has 1 aromatic rings. The van der Waals surface area contributed by atoms with Crippen molar-refractivity contribution < 1.29 is 4.74 Å². The number of rotatable bonds is 3. The highest BCUT2D eigenvalue weighted by Gasteiger charge is 2.34. The van der Waals surface area contributed by atoms with Gasteiger partial charge in [-0.1, -0.05) is 53.7 Å². The van der Waals surface area contributed by atoms with E-state index in [4.69, 9.17) is 15.6 Å². The van der Waals surface area contributed by atoms with Crippen LogP contribution in [-0.2, 0) is 0 Å². The summed E-state index contributed by atoms with van der Waals surface area (Å²) in [6, 6.07) is 0.223. The predicted molar refractivity (Wildman–Crippen MR) is 113 cm³/mol. The third-order valence-electron chi connectivity index (χ3n) is 5.74. The molecule has 0 aromatic carbocycles. The van der Waals surface area contributed by atoms with E-state index in [0.717, 1.165) is 11.1 Å². The lowest BCUT2D eigenvalue weighted by molar-refractivity contribution is 0.305. The van der Waals surface area contributed by atoms with Crippen LogP contribution in [0.4, 0.5) is 0 Å². The molecule has 2 N–H and O–H groups in total. The Morgan fingerprint density at radius 1 is 0.786 bits per heavy atom. The van der Waals surface area contributed by atoms with E-state index >= 15 is 0 Å². The maximum absolute atomic E-state index is 8.45. The molecule has 0 bridgehead atoms. The smallest absolute Gasteiger partial charge is 0.320 e. The van der Waals surface area contributed by atoms with Gasteiger partial charge in [-0.15, -0.1) is 0 Å². The van der Waals surface area contributed by atoms with E-state index in [1.165, 1.54) is 7.11 Å². The predicted octanol–water partition coefficient (Wildman–Crippen LogP) is 4.82. The highest BCUT2D eigenvalue weighted by molar-refractivity contribution is 6.25. The molecular formula is C22H31N5O. The van der Waals surface area contributed by atoms with Crippen LogP contribution in [0.15, 0.2) is 12.2 Å². The van der Waals surface area contributed by atoms with Gasteiger partial charge in [0, 0.05) is 22.6 Å². The van der Waals surface area contributed by atoms with E-state index in [9.17, 15) is 0 Å². The van der Waals surface area contributed by atoms with E-state index in [-0.39, 0.29) is 28.7 Å². The Morgan fingerprint density at radius 2 is 1.18 bits per heavy atom. The van der Waals surface area contributed by atoms with Crippen molar-refractivity contribution in [3.63, 3.8) is 0 Å². The average molecular weight is 382 g/mol. The van der Waals surface area contributed by atoms with Crippen LogP contribution >= 0.6 is 0 Å². The van der Waals surface area contributed by atoms with Crippen molar-refractivity contribution in [2.45, 2.75) is 54.4 Å². The van der Waals surface area contributed by atoms with Crippen molar-refractivity contribution in [2.75, 3.05) is 7.11 Å². The summed E-state index contributed by atoms with van der Waals surface area (Å²) in [6.07, 6.45) is 5.58. The molecule has 1 heterocycles. The molecule has 2 atom stereocenters. The summed E-state index contributed by atoms with van der Waals surface area (Å²) in [7, 11) is 1.53. The summed E-state index contributed by atoms with van der Waals surface area (Å²) in [6.45, 7) is 13.1. The summed E-state index contributed by atoms with van der Waals surface area (Å²) < 4.78 is 5.32. The lowest BCUT2D eigenvalue weighted by Gasteiger charge is -2.24. The first-order valence-corrected chi connectivity index (χ1v) is 9.80. The Morgan fingerprint density at radius 3 is 1.46 bits per heavy atom. The normalized spacial score (nSPS) is 23.1. The number of hydrogen-bond donors (Lipinski definition) is 2. The maximum Gasteiger partial charge on any atom is 0.320 e. The van der Waals surface area contributed by atoms with Crippen LogP contribution in [-0.4, -0.2) is 33.5 Å². The zero-order chi connectivity index (χ0) is 20.9. The largest absolute Gasteiger partial charge is 0.467 e. The molecule has 1 aromatic heterocycles. The monoisotopic (exact) mass is 381 g/mol. The first-order valence-electron chi connectivity index (χ1n) is 9.80. The molecule has 3 rings (SSSR count). The fraction of sp³-hybridized carbons (Fsp3) is 0.591. The first-order chi connectivity index (χ1) is 12.9. The number of aromatic nitrogens is 3. The molecule has 28 heavy (non-hydrogen) atoms. The van der Waals surface area contributed by atoms with Crippen molar-refractivity contribution in [1.29, 1.82) is 10.8 Å². The number of nitrogens with zero attached hydrogens (tertiary/aromatic N) is 3. The molecule has 2 unspecified atom stereocenters. The summed E-state index contributed by atoms with van der Waals surface area (Å²) in [4.78, 5) is 13.5. The molecule has 0 radical (unpaired) electrons. The van der Waals surface area contributed by atoms with Crippen LogP contribution in [0.1, 0.15) is 66.0 Å². The highest BCUT2D eigenvalue weighted by atomic mass is 16.5. The van der Waals surface area contributed by atoms with Crippen LogP contribution in [0, 0.1) is 33.5 Å². The number of hydrogen-bond acceptors (Lipinski definition) is 6. The van der Waals surface area contributed by atoms with Gasteiger partial charge in [-0.25, -0.2) is 4.98 Å². The summed E-state index contributed by atoms with van der Waals surface area (Å²) in [5.41, 5.74) is 2.73. The van der Waals surface area contributed by atoms with Crippen molar-refractivity contribution >= 4 is 22.6 Å². The first kappa shape index (κ1) is 20.4. The SMILES string of the molecule is COc1nc(C2=CC(C(C)(C)C)CC2=N)nc(C2=CC(C(C)(C)C)CC2=N)n1. The quantitative estimate of drug-likeness (QED) is 0.784. The molecule has 0 saturated heterocycles. The van der Waals surface area contributed by atoms with Gasteiger partial charge in [-0.3, -0.25) is 0 Å². The molecule has 6 nitrogen and oxygen atoms in total. The molecule has 0 amide bonds. The molecular weight excluding hydrogens is 350 g/mol. The molecule has 2 aliphatic carbocycles. The van der Waals surface area contributed by atoms with Gasteiger partial charge in [0.25, 0.3) is 0 Å². The second-order valence-electron chi connectivity index (χ2n) is 9.94. The number of nitrogens with one attached hydrogen (secondary N) is 2. The van der Waals surface area contributed by atoms with Gasteiger partial charge in [0.1, 0.15) is 0 Å². The summed E-state index contributed by atoms with van der Waals surface area (Å²) in [5.74, 6) is 1.48. The van der Waals surface area contributed by atoms with E-state index in [1.807, 2.05) is 0 Å². The Balaban J connectivity index is 2.05. The third-order valence-corrected chi connectivity index (χ3v) is 5.74. The van der Waals surface area contributed by atoms with Crippen molar-refractivity contribution in [3.8, 4) is 6.01 Å². The topological polar surface area (TPSA) is 95.6 Å². The van der Waals surface area contributed by atoms with Crippen molar-refractivity contribution in [1.82, 2.24) is 15.0 Å². The molecule has 2 aliphatic rings. The molecule has 0 spiro atoms. The second kappa shape index (κ2) is 6.90. The van der Waals surface area contributed by atoms with Crippen LogP contribution in [0.3, 0.4) is 0 Å². The van der Waals surface area contributed by atoms with Crippen LogP contribution in [0.25, 0.3) is 11.1 Å². The van der Waals surface area contributed by atoms with Crippen LogP contribution < -0.4 is 4.74 Å². The Hall–Kier alpha value is -2.37. The minimum atomic E-state index is 0.0734. The van der Waals surface area contributed by atoms with E-state index in [1.54, 1.807) is 0 Å². The average Bonchev–Trinajstić information content (AvgIpc) is 3.17. The summed E-state index contributed by atoms with van der Waals surface area (Å²) in [5, 5.41) is 16.9. The molecule has 150 valence electrons. The standard InChI is InChI=1S/C22H31N5O/c1-21(2,3)12-8-14(16(23)10-12)18-25-19(27-20(26-18)28-7)15-9-13(11-17(15)24)22(4,5)6/h8-9,12-13,23-24H,10-11H2,1-7H3.